The van der Waals surface area contributed by atoms with Crippen LogP contribution in [0.15, 0.2) is 60.5 Å². The summed E-state index contributed by atoms with van der Waals surface area (Å²) in [5.41, 5.74) is 6.82. The number of pyridine rings is 1. The number of ether oxygens (including phenoxy) is 1. The molecule has 1 amide bonds. The summed E-state index contributed by atoms with van der Waals surface area (Å²) < 4.78 is 39.6. The molecule has 2 aromatic carbocycles. The summed E-state index contributed by atoms with van der Waals surface area (Å²) in [4.78, 5) is 22.2. The summed E-state index contributed by atoms with van der Waals surface area (Å²) in [6, 6.07) is 12.2. The van der Waals surface area contributed by atoms with Gasteiger partial charge < -0.3 is 14.5 Å². The quantitative estimate of drug-likeness (QED) is 0.173. The molecule has 0 saturated carbocycles. The summed E-state index contributed by atoms with van der Waals surface area (Å²) in [6.07, 6.45) is 1.95. The minimum Gasteiger partial charge on any atom is -0.490 e. The Morgan fingerprint density at radius 1 is 1.09 bits per heavy atom. The van der Waals surface area contributed by atoms with E-state index < -0.39 is 11.6 Å². The van der Waals surface area contributed by atoms with Crippen LogP contribution in [-0.4, -0.2) is 56.7 Å². The second kappa shape index (κ2) is 12.0. The van der Waals surface area contributed by atoms with E-state index in [9.17, 15) is 9.18 Å². The van der Waals surface area contributed by atoms with Gasteiger partial charge in [0.2, 0.25) is 5.91 Å². The number of rotatable bonds is 6. The second-order valence-electron chi connectivity index (χ2n) is 12.9. The molecule has 0 N–H and O–H groups in total. The number of hydrogen-bond acceptors (Lipinski definition) is 6. The Balaban J connectivity index is 1.51. The lowest BCUT2D eigenvalue weighted by molar-refractivity contribution is -0.129. The van der Waals surface area contributed by atoms with Crippen molar-refractivity contribution < 1.29 is 18.3 Å². The summed E-state index contributed by atoms with van der Waals surface area (Å²) in [5.74, 6) is -1.50. The van der Waals surface area contributed by atoms with Crippen LogP contribution in [0.5, 0.6) is 5.75 Å². The van der Waals surface area contributed by atoms with Gasteiger partial charge in [-0.25, -0.2) is 13.8 Å². The van der Waals surface area contributed by atoms with Gasteiger partial charge in [-0.15, -0.1) is 11.3 Å². The van der Waals surface area contributed by atoms with Gasteiger partial charge in [-0.1, -0.05) is 18.7 Å². The Hall–Kier alpha value is -4.41. The lowest BCUT2D eigenvalue weighted by atomic mass is 9.93. The molecule has 0 fully saturated rings. The molecule has 7 nitrogen and oxygen atoms in total. The number of amides is 1. The highest BCUT2D eigenvalue weighted by Crippen LogP contribution is 2.48. The first-order valence-corrected chi connectivity index (χ1v) is 16.8. The minimum atomic E-state index is -0.738. The van der Waals surface area contributed by atoms with Crippen molar-refractivity contribution in [3.05, 3.63) is 89.0 Å². The molecule has 5 aromatic rings. The van der Waals surface area contributed by atoms with Crippen LogP contribution < -0.4 is 4.74 Å². The number of aromatic nitrogens is 3. The molecule has 242 valence electrons. The van der Waals surface area contributed by atoms with E-state index in [2.05, 4.69) is 36.7 Å². The smallest absolute Gasteiger partial charge is 0.246 e. The third-order valence-corrected chi connectivity index (χ3v) is 10.1. The summed E-state index contributed by atoms with van der Waals surface area (Å²) >= 11 is 1.48. The number of hydrogen-bond donors (Lipinski definition) is 0. The lowest BCUT2D eigenvalue weighted by Gasteiger charge is -2.36. The predicted molar refractivity (Wildman–Crippen MR) is 182 cm³/mol. The number of thiophene rings is 1. The Bertz CT molecular complexity index is 2050. The fourth-order valence-corrected chi connectivity index (χ4v) is 7.86. The maximum Gasteiger partial charge on any atom is 0.246 e. The van der Waals surface area contributed by atoms with E-state index in [0.717, 1.165) is 52.6 Å². The molecular weight excluding hydrogens is 617 g/mol. The van der Waals surface area contributed by atoms with Crippen LogP contribution in [0.2, 0.25) is 0 Å². The van der Waals surface area contributed by atoms with Crippen LogP contribution in [-0.2, 0) is 17.8 Å². The number of carbonyl (C=O) groups is 1. The minimum absolute atomic E-state index is 0.106. The van der Waals surface area contributed by atoms with Crippen LogP contribution in [0.4, 0.5) is 8.78 Å². The Morgan fingerprint density at radius 2 is 1.89 bits per heavy atom. The van der Waals surface area contributed by atoms with Gasteiger partial charge >= 0.3 is 0 Å². The molecule has 0 bridgehead atoms. The third kappa shape index (κ3) is 5.43. The number of carbonyl (C=O) groups excluding carboxylic acids is 1. The highest BCUT2D eigenvalue weighted by atomic mass is 32.1. The van der Waals surface area contributed by atoms with Gasteiger partial charge in [0.05, 0.1) is 35.1 Å². The third-order valence-electron chi connectivity index (χ3n) is 9.16. The molecule has 5 heterocycles. The van der Waals surface area contributed by atoms with Crippen molar-refractivity contribution in [1.82, 2.24) is 24.6 Å². The van der Waals surface area contributed by atoms with E-state index in [0.29, 0.717) is 23.5 Å². The Kier molecular flexibility index (Phi) is 7.96. The van der Waals surface area contributed by atoms with E-state index in [1.54, 1.807) is 4.90 Å². The van der Waals surface area contributed by atoms with Crippen molar-refractivity contribution in [2.24, 2.45) is 0 Å². The van der Waals surface area contributed by atoms with Gasteiger partial charge in [-0.3, -0.25) is 9.48 Å². The largest absolute Gasteiger partial charge is 0.490 e. The van der Waals surface area contributed by atoms with Gasteiger partial charge in [0, 0.05) is 53.0 Å². The van der Waals surface area contributed by atoms with Gasteiger partial charge in [-0.05, 0) is 81.9 Å². The number of benzene rings is 2. The summed E-state index contributed by atoms with van der Waals surface area (Å²) in [6.45, 7) is 13.7. The fourth-order valence-electron chi connectivity index (χ4n) is 6.91. The van der Waals surface area contributed by atoms with Crippen molar-refractivity contribution in [2.75, 3.05) is 20.1 Å². The molecule has 10 heteroatoms. The molecule has 47 heavy (non-hydrogen) atoms. The van der Waals surface area contributed by atoms with Crippen LogP contribution in [0, 0.1) is 11.6 Å². The maximum absolute atomic E-state index is 16.1. The van der Waals surface area contributed by atoms with E-state index in [1.165, 1.54) is 34.6 Å². The van der Waals surface area contributed by atoms with Crippen LogP contribution in [0.1, 0.15) is 56.6 Å². The number of halogens is 2. The summed E-state index contributed by atoms with van der Waals surface area (Å²) in [7, 11) is 2.13. The first kappa shape index (κ1) is 31.2. The van der Waals surface area contributed by atoms with Crippen molar-refractivity contribution in [3.63, 3.8) is 0 Å². The first-order valence-electron chi connectivity index (χ1n) is 15.9. The molecule has 0 aliphatic carbocycles. The monoisotopic (exact) mass is 653 g/mol. The van der Waals surface area contributed by atoms with Gasteiger partial charge in [-0.2, -0.15) is 5.10 Å². The molecule has 3 aromatic heterocycles. The van der Waals surface area contributed by atoms with Crippen molar-refractivity contribution >= 4 is 27.3 Å². The molecule has 0 spiro atoms. The molecule has 0 saturated heterocycles. The van der Waals surface area contributed by atoms with Crippen LogP contribution in [0.3, 0.4) is 0 Å². The van der Waals surface area contributed by atoms with Crippen molar-refractivity contribution in [3.8, 4) is 39.5 Å². The number of fused-ring (bicyclic) bond motifs is 3. The standard InChI is InChI=1S/C37H37F2N5O2S/c1-7-32(45)43-18-21(4)44-30(22(43)5)17-29(41-44)36-34(33-28(39)15-26(38)16-31(33)46-20(2)3)37-27(11-13-47-37)35(40-36)24-8-9-25-19-42(6)12-10-23(25)14-24/h7-9,11,13-17,20-22H,1,10,12,18-19H2,2-6H3/t21-,22-/m0/s1. The molecule has 0 radical (unpaired) electrons. The molecule has 2 aliphatic rings. The van der Waals surface area contributed by atoms with E-state index in [-0.39, 0.29) is 35.4 Å². The molecule has 2 aliphatic heterocycles. The van der Waals surface area contributed by atoms with Gasteiger partial charge in [0.15, 0.2) is 0 Å². The number of likely N-dealkylation sites (N-methyl/N-ethyl adjacent to an activating group) is 1. The second-order valence-corrected chi connectivity index (χ2v) is 13.8. The highest BCUT2D eigenvalue weighted by Gasteiger charge is 2.34. The molecule has 2 atom stereocenters. The highest BCUT2D eigenvalue weighted by molar-refractivity contribution is 7.18. The van der Waals surface area contributed by atoms with E-state index >= 15 is 4.39 Å². The zero-order valence-corrected chi connectivity index (χ0v) is 28.0. The van der Waals surface area contributed by atoms with Crippen LogP contribution in [0.25, 0.3) is 43.9 Å². The normalized spacial score (nSPS) is 18.0. The van der Waals surface area contributed by atoms with Gasteiger partial charge in [0.1, 0.15) is 28.8 Å². The fraction of sp³-hybridized carbons (Fsp3) is 0.324. The van der Waals surface area contributed by atoms with Gasteiger partial charge in [0.25, 0.3) is 0 Å². The zero-order chi connectivity index (χ0) is 33.1. The van der Waals surface area contributed by atoms with Crippen LogP contribution >= 0.6 is 11.3 Å². The first-order chi connectivity index (χ1) is 22.5. The number of nitrogens with zero attached hydrogens (tertiary/aromatic N) is 5. The average Bonchev–Trinajstić information content (AvgIpc) is 3.70. The van der Waals surface area contributed by atoms with E-state index in [1.807, 2.05) is 49.9 Å². The predicted octanol–water partition coefficient (Wildman–Crippen LogP) is 8.20. The Labute approximate surface area is 277 Å². The molecule has 7 rings (SSSR count). The Morgan fingerprint density at radius 3 is 2.66 bits per heavy atom. The van der Waals surface area contributed by atoms with Crippen molar-refractivity contribution in [2.45, 2.75) is 58.8 Å². The van der Waals surface area contributed by atoms with E-state index in [4.69, 9.17) is 14.8 Å². The maximum atomic E-state index is 16.1. The average molecular weight is 654 g/mol. The zero-order valence-electron chi connectivity index (χ0n) is 27.2. The molecule has 0 unspecified atom stereocenters. The summed E-state index contributed by atoms with van der Waals surface area (Å²) in [5, 5.41) is 7.90. The SMILES string of the molecule is C=CC(=O)N1C[C@H](C)n2nc(-c3nc(-c4ccc5c(c4)CCN(C)C5)c4ccsc4c3-c3c(F)cc(F)cc3OC(C)C)cc2[C@@H]1C. The lowest BCUT2D eigenvalue weighted by Crippen LogP contribution is -2.42. The molecular formula is C37H37F2N5O2S. The topological polar surface area (TPSA) is 63.5 Å². The van der Waals surface area contributed by atoms with Crippen molar-refractivity contribution in [1.29, 1.82) is 0 Å².